The van der Waals surface area contributed by atoms with E-state index in [9.17, 15) is 8.42 Å². The number of rotatable bonds is 4. The van der Waals surface area contributed by atoms with Gasteiger partial charge in [0.1, 0.15) is 0 Å². The van der Waals surface area contributed by atoms with Gasteiger partial charge in [-0.1, -0.05) is 71.8 Å². The highest BCUT2D eigenvalue weighted by Crippen LogP contribution is 2.30. The number of hydrogen-bond acceptors (Lipinski definition) is 4. The van der Waals surface area contributed by atoms with E-state index in [4.69, 9.17) is 21.0 Å². The van der Waals surface area contributed by atoms with Crippen molar-refractivity contribution >= 4 is 33.5 Å². The summed E-state index contributed by atoms with van der Waals surface area (Å²) in [6, 6.07) is 22.0. The Bertz CT molecular complexity index is 1220. The van der Waals surface area contributed by atoms with Crippen molar-refractivity contribution in [1.82, 2.24) is 0 Å². The average Bonchev–Trinajstić information content (AvgIpc) is 2.78. The molecule has 3 aromatic rings. The van der Waals surface area contributed by atoms with Crippen LogP contribution in [0.4, 0.5) is 5.69 Å². The van der Waals surface area contributed by atoms with Gasteiger partial charge in [0.15, 0.2) is 0 Å². The fourth-order valence-corrected chi connectivity index (χ4v) is 3.73. The predicted molar refractivity (Wildman–Crippen MR) is 129 cm³/mol. The van der Waals surface area contributed by atoms with E-state index < -0.39 is 10.1 Å². The van der Waals surface area contributed by atoms with E-state index in [1.807, 2.05) is 42.3 Å². The standard InChI is InChI=1S/C18H16ClNO.C7H8O3S/c1-21-20-17(12-8-14-6-10-16(19)11-7-14)13-9-15-4-2-3-5-18(15)20;1-6-2-4-7(5-3-6)11(8,9)10/h2-8,10-13H,9H2,1H3;2-5H,1H3,(H,8,9,10). The molecule has 1 aliphatic heterocycles. The van der Waals surface area contributed by atoms with Crippen LogP contribution in [0.3, 0.4) is 0 Å². The van der Waals surface area contributed by atoms with Crippen LogP contribution in [0.5, 0.6) is 0 Å². The Balaban J connectivity index is 0.000000222. The van der Waals surface area contributed by atoms with Gasteiger partial charge in [-0.2, -0.15) is 8.42 Å². The molecule has 7 heteroatoms. The second-order valence-corrected chi connectivity index (χ2v) is 8.97. The molecule has 1 aliphatic rings. The number of halogens is 1. The summed E-state index contributed by atoms with van der Waals surface area (Å²) in [5.41, 5.74) is 5.46. The summed E-state index contributed by atoms with van der Waals surface area (Å²) in [4.78, 5) is 5.46. The Hall–Kier alpha value is -2.90. The van der Waals surface area contributed by atoms with E-state index >= 15 is 0 Å². The molecule has 4 rings (SSSR count). The van der Waals surface area contributed by atoms with Crippen LogP contribution in [0.2, 0.25) is 5.02 Å². The normalized spacial score (nSPS) is 13.2. The van der Waals surface area contributed by atoms with Crippen molar-refractivity contribution in [3.63, 3.8) is 0 Å². The van der Waals surface area contributed by atoms with Crippen LogP contribution in [-0.2, 0) is 21.4 Å². The van der Waals surface area contributed by atoms with Crippen LogP contribution in [0.25, 0.3) is 6.08 Å². The van der Waals surface area contributed by atoms with Crippen molar-refractivity contribution in [2.24, 2.45) is 0 Å². The number of para-hydroxylation sites is 1. The third-order valence-electron chi connectivity index (χ3n) is 4.79. The quantitative estimate of drug-likeness (QED) is 0.467. The zero-order chi connectivity index (χ0) is 23.1. The smallest absolute Gasteiger partial charge is 0.282 e. The SMILES string of the molecule is CON1C(C=Cc2ccc(Cl)cc2)=CCc2ccccc21.Cc1ccc(S(=O)(=O)O)cc1. The zero-order valence-corrected chi connectivity index (χ0v) is 19.3. The first-order chi connectivity index (χ1) is 15.3. The molecule has 1 heterocycles. The minimum Gasteiger partial charge on any atom is -0.282 e. The van der Waals surface area contributed by atoms with Gasteiger partial charge in [0, 0.05) is 5.02 Å². The van der Waals surface area contributed by atoms with E-state index in [1.54, 1.807) is 19.2 Å². The lowest BCUT2D eigenvalue weighted by molar-refractivity contribution is 0.189. The Morgan fingerprint density at radius 2 is 1.62 bits per heavy atom. The number of hydroxylamine groups is 1. The average molecular weight is 470 g/mol. The van der Waals surface area contributed by atoms with Gasteiger partial charge in [-0.15, -0.1) is 0 Å². The summed E-state index contributed by atoms with van der Waals surface area (Å²) < 4.78 is 29.6. The Morgan fingerprint density at radius 3 is 2.25 bits per heavy atom. The number of hydrogen-bond donors (Lipinski definition) is 1. The monoisotopic (exact) mass is 469 g/mol. The fourth-order valence-electron chi connectivity index (χ4n) is 3.12. The van der Waals surface area contributed by atoms with Crippen LogP contribution in [0.15, 0.2) is 95.5 Å². The number of allylic oxidation sites excluding steroid dienone is 2. The summed E-state index contributed by atoms with van der Waals surface area (Å²) in [7, 11) is -2.33. The van der Waals surface area contributed by atoms with Gasteiger partial charge < -0.3 is 0 Å². The molecule has 32 heavy (non-hydrogen) atoms. The summed E-state index contributed by atoms with van der Waals surface area (Å²) in [6.07, 6.45) is 7.19. The van der Waals surface area contributed by atoms with Gasteiger partial charge in [0.2, 0.25) is 0 Å². The minimum absolute atomic E-state index is 0.0666. The molecule has 0 amide bonds. The molecule has 0 bridgehead atoms. The largest absolute Gasteiger partial charge is 0.294 e. The number of nitrogens with zero attached hydrogens (tertiary/aromatic N) is 1. The maximum Gasteiger partial charge on any atom is 0.294 e. The Labute approximate surface area is 193 Å². The Morgan fingerprint density at radius 1 is 0.969 bits per heavy atom. The molecule has 0 saturated carbocycles. The van der Waals surface area contributed by atoms with Gasteiger partial charge >= 0.3 is 0 Å². The molecule has 0 radical (unpaired) electrons. The molecular formula is C25H24ClNO4S. The molecular weight excluding hydrogens is 446 g/mol. The van der Waals surface area contributed by atoms with E-state index in [2.05, 4.69) is 36.4 Å². The number of fused-ring (bicyclic) bond motifs is 1. The predicted octanol–water partition coefficient (Wildman–Crippen LogP) is 6.10. The maximum atomic E-state index is 10.5. The molecule has 166 valence electrons. The molecule has 0 saturated heterocycles. The van der Waals surface area contributed by atoms with Crippen molar-refractivity contribution < 1.29 is 17.8 Å². The number of anilines is 1. The van der Waals surface area contributed by atoms with Gasteiger partial charge in [-0.05, 0) is 60.9 Å². The first-order valence-corrected chi connectivity index (χ1v) is 11.7. The molecule has 3 aromatic carbocycles. The van der Waals surface area contributed by atoms with Crippen molar-refractivity contribution in [2.75, 3.05) is 12.2 Å². The lowest BCUT2D eigenvalue weighted by Gasteiger charge is -2.28. The molecule has 1 N–H and O–H groups in total. The van der Waals surface area contributed by atoms with Gasteiger partial charge in [-0.3, -0.25) is 9.39 Å². The highest BCUT2D eigenvalue weighted by molar-refractivity contribution is 7.85. The highest BCUT2D eigenvalue weighted by Gasteiger charge is 2.17. The first kappa shape index (κ1) is 23.8. The van der Waals surface area contributed by atoms with E-state index in [0.717, 1.165) is 34.0 Å². The molecule has 0 unspecified atom stereocenters. The molecule has 0 spiro atoms. The van der Waals surface area contributed by atoms with Crippen molar-refractivity contribution in [3.8, 4) is 0 Å². The van der Waals surface area contributed by atoms with E-state index in [-0.39, 0.29) is 4.90 Å². The fraction of sp³-hybridized carbons (Fsp3) is 0.120. The minimum atomic E-state index is -4.02. The van der Waals surface area contributed by atoms with Gasteiger partial charge in [0.05, 0.1) is 23.4 Å². The Kier molecular flexibility index (Phi) is 7.88. The molecule has 0 fully saturated rings. The third-order valence-corrected chi connectivity index (χ3v) is 5.91. The van der Waals surface area contributed by atoms with E-state index in [1.165, 1.54) is 17.7 Å². The van der Waals surface area contributed by atoms with Crippen LogP contribution in [0.1, 0.15) is 16.7 Å². The molecule has 5 nitrogen and oxygen atoms in total. The molecule has 0 aliphatic carbocycles. The van der Waals surface area contributed by atoms with Crippen molar-refractivity contribution in [1.29, 1.82) is 0 Å². The second kappa shape index (κ2) is 10.6. The van der Waals surface area contributed by atoms with Gasteiger partial charge in [-0.25, -0.2) is 5.06 Å². The van der Waals surface area contributed by atoms with Crippen LogP contribution < -0.4 is 5.06 Å². The summed E-state index contributed by atoms with van der Waals surface area (Å²) in [5.74, 6) is 0. The lowest BCUT2D eigenvalue weighted by Crippen LogP contribution is -2.24. The maximum absolute atomic E-state index is 10.5. The van der Waals surface area contributed by atoms with Crippen molar-refractivity contribution in [3.05, 3.63) is 112 Å². The second-order valence-electron chi connectivity index (χ2n) is 7.11. The van der Waals surface area contributed by atoms with Crippen LogP contribution in [-0.4, -0.2) is 20.1 Å². The highest BCUT2D eigenvalue weighted by atomic mass is 35.5. The number of aryl methyl sites for hydroxylation is 1. The summed E-state index contributed by atoms with van der Waals surface area (Å²) >= 11 is 5.90. The third kappa shape index (κ3) is 6.31. The van der Waals surface area contributed by atoms with Crippen LogP contribution >= 0.6 is 11.6 Å². The summed E-state index contributed by atoms with van der Waals surface area (Å²) in [6.45, 7) is 1.84. The first-order valence-electron chi connectivity index (χ1n) is 9.88. The molecule has 0 aromatic heterocycles. The lowest BCUT2D eigenvalue weighted by atomic mass is 10.0. The topological polar surface area (TPSA) is 66.8 Å². The van der Waals surface area contributed by atoms with Crippen molar-refractivity contribution in [2.45, 2.75) is 18.2 Å². The van der Waals surface area contributed by atoms with E-state index in [0.29, 0.717) is 0 Å². The zero-order valence-electron chi connectivity index (χ0n) is 17.8. The van der Waals surface area contributed by atoms with Crippen LogP contribution in [0, 0.1) is 6.92 Å². The molecule has 0 atom stereocenters. The summed E-state index contributed by atoms with van der Waals surface area (Å²) in [5, 5.41) is 2.60. The van der Waals surface area contributed by atoms with Gasteiger partial charge in [0.25, 0.3) is 10.1 Å². The number of benzene rings is 3.